The molecule has 0 bridgehead atoms. The molecule has 94 valence electrons. The highest BCUT2D eigenvalue weighted by Gasteiger charge is 2.22. The van der Waals surface area contributed by atoms with Crippen LogP contribution in [0.15, 0.2) is 52.0 Å². The highest BCUT2D eigenvalue weighted by Crippen LogP contribution is 2.36. The summed E-state index contributed by atoms with van der Waals surface area (Å²) in [5.41, 5.74) is 1.50. The number of hydrogen-bond acceptors (Lipinski definition) is 3. The van der Waals surface area contributed by atoms with E-state index in [1.807, 2.05) is 23.9 Å². The summed E-state index contributed by atoms with van der Waals surface area (Å²) in [5, 5.41) is 0.669. The highest BCUT2D eigenvalue weighted by molar-refractivity contribution is 8.00. The van der Waals surface area contributed by atoms with Gasteiger partial charge >= 0.3 is 0 Å². The summed E-state index contributed by atoms with van der Waals surface area (Å²) >= 11 is 2.00. The molecule has 0 fully saturated rings. The molecule has 1 aliphatic rings. The molecule has 18 heavy (non-hydrogen) atoms. The lowest BCUT2D eigenvalue weighted by atomic mass is 10.1. The Kier molecular flexibility index (Phi) is 3.43. The lowest BCUT2D eigenvalue weighted by molar-refractivity contribution is 0.296. The third-order valence-corrected chi connectivity index (χ3v) is 4.54. The topological polar surface area (TPSA) is 16.4 Å². The fourth-order valence-electron chi connectivity index (χ4n) is 2.44. The maximum Gasteiger partial charge on any atom is 0.117 e. The first-order valence-corrected chi connectivity index (χ1v) is 7.15. The second-order valence-corrected chi connectivity index (χ2v) is 6.17. The van der Waals surface area contributed by atoms with Crippen molar-refractivity contribution in [3.05, 3.63) is 54.0 Å². The van der Waals surface area contributed by atoms with Gasteiger partial charge in [-0.15, -0.1) is 11.8 Å². The van der Waals surface area contributed by atoms with Crippen LogP contribution in [0.3, 0.4) is 0 Å². The first-order valence-electron chi connectivity index (χ1n) is 6.27. The summed E-state index contributed by atoms with van der Waals surface area (Å²) in [7, 11) is 2.16. The van der Waals surface area contributed by atoms with Crippen molar-refractivity contribution in [2.24, 2.45) is 0 Å². The van der Waals surface area contributed by atoms with E-state index in [9.17, 15) is 0 Å². The molecular formula is C15H17NOS. The minimum Gasteiger partial charge on any atom is -0.468 e. The lowest BCUT2D eigenvalue weighted by Gasteiger charge is -2.18. The Labute approximate surface area is 112 Å². The van der Waals surface area contributed by atoms with E-state index in [2.05, 4.69) is 36.2 Å². The molecule has 0 saturated heterocycles. The van der Waals surface area contributed by atoms with Crippen molar-refractivity contribution in [2.75, 3.05) is 13.6 Å². The Morgan fingerprint density at radius 1 is 1.28 bits per heavy atom. The Morgan fingerprint density at radius 2 is 2.17 bits per heavy atom. The molecule has 2 aromatic rings. The van der Waals surface area contributed by atoms with Gasteiger partial charge in [0, 0.05) is 16.7 Å². The molecule has 2 heterocycles. The van der Waals surface area contributed by atoms with E-state index in [0.717, 1.165) is 18.8 Å². The molecule has 1 aliphatic heterocycles. The fraction of sp³-hybridized carbons (Fsp3) is 0.333. The van der Waals surface area contributed by atoms with Crippen LogP contribution in [0.4, 0.5) is 0 Å². The summed E-state index contributed by atoms with van der Waals surface area (Å²) in [5.74, 6) is 1.04. The molecular weight excluding hydrogens is 242 g/mol. The maximum atomic E-state index is 5.38. The van der Waals surface area contributed by atoms with Gasteiger partial charge in [-0.25, -0.2) is 0 Å². The average molecular weight is 259 g/mol. The van der Waals surface area contributed by atoms with Crippen molar-refractivity contribution in [2.45, 2.75) is 23.1 Å². The van der Waals surface area contributed by atoms with Gasteiger partial charge in [-0.1, -0.05) is 18.2 Å². The summed E-state index contributed by atoms with van der Waals surface area (Å²) in [6.07, 6.45) is 2.92. The Bertz CT molecular complexity index is 484. The van der Waals surface area contributed by atoms with Crippen LogP contribution < -0.4 is 0 Å². The monoisotopic (exact) mass is 259 g/mol. The minimum atomic E-state index is 0.669. The molecule has 1 aromatic heterocycles. The Balaban J connectivity index is 1.56. The van der Waals surface area contributed by atoms with E-state index in [1.165, 1.54) is 16.9 Å². The normalized spacial score (nSPS) is 18.2. The predicted molar refractivity (Wildman–Crippen MR) is 74.8 cm³/mol. The third-order valence-electron chi connectivity index (χ3n) is 3.23. The van der Waals surface area contributed by atoms with Crippen LogP contribution in [0.2, 0.25) is 0 Å². The van der Waals surface area contributed by atoms with E-state index in [-0.39, 0.29) is 0 Å². The lowest BCUT2D eigenvalue weighted by Crippen LogP contribution is -2.26. The molecule has 1 aromatic carbocycles. The molecule has 0 radical (unpaired) electrons. The second kappa shape index (κ2) is 5.21. The van der Waals surface area contributed by atoms with Gasteiger partial charge in [0.25, 0.3) is 0 Å². The zero-order chi connectivity index (χ0) is 12.4. The number of thioether (sulfide) groups is 1. The standard InChI is InChI=1S/C15H17NOS/c1-16(10-13-6-4-8-17-13)11-14-9-12-5-2-3-7-15(12)18-14/h2-8,14H,9-11H2,1H3. The molecule has 0 aliphatic carbocycles. The van der Waals surface area contributed by atoms with Gasteiger partial charge < -0.3 is 4.42 Å². The molecule has 3 rings (SSSR count). The van der Waals surface area contributed by atoms with Crippen molar-refractivity contribution in [1.82, 2.24) is 4.90 Å². The van der Waals surface area contributed by atoms with E-state index in [1.54, 1.807) is 6.26 Å². The molecule has 0 amide bonds. The van der Waals surface area contributed by atoms with E-state index in [4.69, 9.17) is 4.42 Å². The molecule has 0 N–H and O–H groups in total. The smallest absolute Gasteiger partial charge is 0.117 e. The molecule has 2 nitrogen and oxygen atoms in total. The quantitative estimate of drug-likeness (QED) is 0.837. The van der Waals surface area contributed by atoms with E-state index < -0.39 is 0 Å². The summed E-state index contributed by atoms with van der Waals surface area (Å²) in [6, 6.07) is 12.7. The van der Waals surface area contributed by atoms with Crippen LogP contribution in [-0.2, 0) is 13.0 Å². The fourth-order valence-corrected chi connectivity index (χ4v) is 3.85. The van der Waals surface area contributed by atoms with E-state index in [0.29, 0.717) is 5.25 Å². The zero-order valence-electron chi connectivity index (χ0n) is 10.5. The van der Waals surface area contributed by atoms with Gasteiger partial charge in [0.05, 0.1) is 12.8 Å². The SMILES string of the molecule is CN(Cc1ccco1)CC1Cc2ccccc2S1. The van der Waals surface area contributed by atoms with Crippen molar-refractivity contribution >= 4 is 11.8 Å². The second-order valence-electron chi connectivity index (χ2n) is 4.83. The largest absolute Gasteiger partial charge is 0.468 e. The van der Waals surface area contributed by atoms with Gasteiger partial charge in [0.2, 0.25) is 0 Å². The Morgan fingerprint density at radius 3 is 2.94 bits per heavy atom. The molecule has 1 atom stereocenters. The van der Waals surface area contributed by atoms with Gasteiger partial charge in [-0.3, -0.25) is 4.90 Å². The highest BCUT2D eigenvalue weighted by atomic mass is 32.2. The maximum absolute atomic E-state index is 5.38. The van der Waals surface area contributed by atoms with Gasteiger partial charge in [-0.2, -0.15) is 0 Å². The minimum absolute atomic E-state index is 0.669. The first kappa shape index (κ1) is 11.9. The number of rotatable bonds is 4. The van der Waals surface area contributed by atoms with Crippen molar-refractivity contribution in [3.8, 4) is 0 Å². The van der Waals surface area contributed by atoms with E-state index >= 15 is 0 Å². The number of furan rings is 1. The number of benzene rings is 1. The molecule has 1 unspecified atom stereocenters. The van der Waals surface area contributed by atoms with Crippen molar-refractivity contribution in [3.63, 3.8) is 0 Å². The molecule has 3 heteroatoms. The van der Waals surface area contributed by atoms with Crippen molar-refractivity contribution < 1.29 is 4.42 Å². The number of hydrogen-bond donors (Lipinski definition) is 0. The van der Waals surface area contributed by atoms with Crippen molar-refractivity contribution in [1.29, 1.82) is 0 Å². The zero-order valence-corrected chi connectivity index (χ0v) is 11.3. The predicted octanol–water partition coefficient (Wildman–Crippen LogP) is 3.43. The van der Waals surface area contributed by atoms with Crippen LogP contribution in [-0.4, -0.2) is 23.7 Å². The third kappa shape index (κ3) is 2.62. The summed E-state index contributed by atoms with van der Waals surface area (Å²) in [6.45, 7) is 1.99. The van der Waals surface area contributed by atoms with Gasteiger partial charge in [0.15, 0.2) is 0 Å². The summed E-state index contributed by atoms with van der Waals surface area (Å²) in [4.78, 5) is 3.79. The molecule has 0 saturated carbocycles. The average Bonchev–Trinajstić information content (AvgIpc) is 2.96. The summed E-state index contributed by atoms with van der Waals surface area (Å²) < 4.78 is 5.38. The van der Waals surface area contributed by atoms with Gasteiger partial charge in [-0.05, 0) is 37.2 Å². The van der Waals surface area contributed by atoms with Crippen LogP contribution in [0, 0.1) is 0 Å². The number of nitrogens with zero attached hydrogens (tertiary/aromatic N) is 1. The van der Waals surface area contributed by atoms with Gasteiger partial charge in [0.1, 0.15) is 5.76 Å². The first-order chi connectivity index (χ1) is 8.81. The van der Waals surface area contributed by atoms with Crippen LogP contribution in [0.5, 0.6) is 0 Å². The Hall–Kier alpha value is -1.19. The number of fused-ring (bicyclic) bond motifs is 1. The van der Waals surface area contributed by atoms with Crippen LogP contribution in [0.25, 0.3) is 0 Å². The van der Waals surface area contributed by atoms with Crippen LogP contribution in [0.1, 0.15) is 11.3 Å². The van der Waals surface area contributed by atoms with Crippen LogP contribution >= 0.6 is 11.8 Å². The molecule has 0 spiro atoms.